The van der Waals surface area contributed by atoms with Gasteiger partial charge in [0, 0.05) is 4.88 Å². The molecule has 0 aliphatic carbocycles. The zero-order valence-electron chi connectivity index (χ0n) is 8.64. The summed E-state index contributed by atoms with van der Waals surface area (Å²) in [6.45, 7) is 0.337. The summed E-state index contributed by atoms with van der Waals surface area (Å²) in [5.41, 5.74) is 5.66. The monoisotopic (exact) mass is 245 g/mol. The number of hydrogen-bond donors (Lipinski definition) is 1. The number of esters is 1. The van der Waals surface area contributed by atoms with Crippen molar-refractivity contribution < 1.29 is 9.53 Å². The van der Waals surface area contributed by atoms with Gasteiger partial charge in [-0.15, -0.1) is 11.3 Å². The van der Waals surface area contributed by atoms with Crippen LogP contribution in [-0.4, -0.2) is 24.0 Å². The van der Waals surface area contributed by atoms with Crippen LogP contribution in [0.25, 0.3) is 0 Å². The molecule has 1 atom stereocenters. The molecule has 5 heteroatoms. The fourth-order valence-electron chi connectivity index (χ4n) is 1.01. The number of rotatable bonds is 6. The highest BCUT2D eigenvalue weighted by Crippen LogP contribution is 2.10. The lowest BCUT2D eigenvalue weighted by Crippen LogP contribution is -2.32. The van der Waals surface area contributed by atoms with Crippen LogP contribution >= 0.6 is 23.1 Å². The molecular formula is C10H15NO2S2. The summed E-state index contributed by atoms with van der Waals surface area (Å²) in [5.74, 6) is 0.576. The third-order valence-corrected chi connectivity index (χ3v) is 3.37. The molecule has 15 heavy (non-hydrogen) atoms. The number of thioether (sulfide) groups is 1. The first-order valence-electron chi connectivity index (χ1n) is 4.67. The second-order valence-electron chi connectivity index (χ2n) is 3.08. The van der Waals surface area contributed by atoms with Crippen LogP contribution in [0.5, 0.6) is 0 Å². The highest BCUT2D eigenvalue weighted by atomic mass is 32.2. The van der Waals surface area contributed by atoms with Gasteiger partial charge >= 0.3 is 5.97 Å². The first-order chi connectivity index (χ1) is 7.24. The minimum absolute atomic E-state index is 0.308. The Bertz CT molecular complexity index is 288. The van der Waals surface area contributed by atoms with Crippen molar-refractivity contribution in [1.82, 2.24) is 0 Å². The second-order valence-corrected chi connectivity index (χ2v) is 5.09. The molecule has 0 amide bonds. The maximum absolute atomic E-state index is 11.4. The van der Waals surface area contributed by atoms with Gasteiger partial charge in [-0.2, -0.15) is 11.8 Å². The summed E-state index contributed by atoms with van der Waals surface area (Å²) in [5, 5.41) is 1.96. The van der Waals surface area contributed by atoms with E-state index in [0.29, 0.717) is 13.0 Å². The molecule has 1 heterocycles. The maximum Gasteiger partial charge on any atom is 0.323 e. The Hall–Kier alpha value is -0.520. The topological polar surface area (TPSA) is 52.3 Å². The average molecular weight is 245 g/mol. The van der Waals surface area contributed by atoms with Crippen molar-refractivity contribution in [1.29, 1.82) is 0 Å². The maximum atomic E-state index is 11.4. The molecule has 0 saturated heterocycles. The number of carbonyl (C=O) groups is 1. The molecular weight excluding hydrogens is 230 g/mol. The van der Waals surface area contributed by atoms with Gasteiger partial charge < -0.3 is 10.5 Å². The summed E-state index contributed by atoms with van der Waals surface area (Å²) in [4.78, 5) is 12.4. The lowest BCUT2D eigenvalue weighted by molar-refractivity contribution is -0.146. The van der Waals surface area contributed by atoms with E-state index in [-0.39, 0.29) is 5.97 Å². The molecule has 3 nitrogen and oxygen atoms in total. The van der Waals surface area contributed by atoms with Crippen LogP contribution in [0.3, 0.4) is 0 Å². The molecule has 2 N–H and O–H groups in total. The summed E-state index contributed by atoms with van der Waals surface area (Å²) < 4.78 is 5.08. The van der Waals surface area contributed by atoms with Crippen LogP contribution in [0.2, 0.25) is 0 Å². The van der Waals surface area contributed by atoms with Gasteiger partial charge in [0.25, 0.3) is 0 Å². The van der Waals surface area contributed by atoms with Crippen molar-refractivity contribution in [3.63, 3.8) is 0 Å². The molecule has 1 aromatic heterocycles. The van der Waals surface area contributed by atoms with E-state index in [4.69, 9.17) is 10.5 Å². The summed E-state index contributed by atoms with van der Waals surface area (Å²) in [6, 6.07) is 3.38. The van der Waals surface area contributed by atoms with Crippen LogP contribution in [0, 0.1) is 0 Å². The molecule has 0 radical (unpaired) electrons. The van der Waals surface area contributed by atoms with Gasteiger partial charge in [0.1, 0.15) is 12.6 Å². The molecule has 0 saturated carbocycles. The van der Waals surface area contributed by atoms with Gasteiger partial charge in [-0.25, -0.2) is 0 Å². The fourth-order valence-corrected chi connectivity index (χ4v) is 2.11. The van der Waals surface area contributed by atoms with Gasteiger partial charge in [0.15, 0.2) is 0 Å². The Morgan fingerprint density at radius 2 is 2.53 bits per heavy atom. The van der Waals surface area contributed by atoms with Crippen LogP contribution < -0.4 is 5.73 Å². The fraction of sp³-hybridized carbons (Fsp3) is 0.500. The first kappa shape index (κ1) is 12.5. The number of thiophene rings is 1. The molecule has 0 aromatic carbocycles. The van der Waals surface area contributed by atoms with E-state index in [2.05, 4.69) is 0 Å². The summed E-state index contributed by atoms with van der Waals surface area (Å²) >= 11 is 3.25. The van der Waals surface area contributed by atoms with Crippen LogP contribution in [-0.2, 0) is 16.1 Å². The molecule has 1 unspecified atom stereocenters. The van der Waals surface area contributed by atoms with Gasteiger partial charge in [0.2, 0.25) is 0 Å². The lowest BCUT2D eigenvalue weighted by Gasteiger charge is -2.09. The number of ether oxygens (including phenoxy) is 1. The van der Waals surface area contributed by atoms with E-state index in [1.54, 1.807) is 23.1 Å². The van der Waals surface area contributed by atoms with Crippen molar-refractivity contribution >= 4 is 29.1 Å². The molecule has 0 bridgehead atoms. The molecule has 1 rings (SSSR count). The highest BCUT2D eigenvalue weighted by Gasteiger charge is 2.14. The van der Waals surface area contributed by atoms with Crippen LogP contribution in [0.15, 0.2) is 17.5 Å². The quantitative estimate of drug-likeness (QED) is 0.777. The largest absolute Gasteiger partial charge is 0.459 e. The number of carbonyl (C=O) groups excluding carboxylic acids is 1. The van der Waals surface area contributed by atoms with E-state index >= 15 is 0 Å². The first-order valence-corrected chi connectivity index (χ1v) is 6.95. The van der Waals surface area contributed by atoms with Crippen molar-refractivity contribution in [3.8, 4) is 0 Å². The van der Waals surface area contributed by atoms with E-state index in [0.717, 1.165) is 10.6 Å². The molecule has 0 fully saturated rings. The van der Waals surface area contributed by atoms with E-state index in [1.165, 1.54) is 0 Å². The molecule has 0 aliphatic rings. The van der Waals surface area contributed by atoms with Gasteiger partial charge in [-0.3, -0.25) is 4.79 Å². The Morgan fingerprint density at radius 1 is 1.73 bits per heavy atom. The second kappa shape index (κ2) is 6.87. The summed E-state index contributed by atoms with van der Waals surface area (Å²) in [6.07, 6.45) is 2.66. The van der Waals surface area contributed by atoms with Crippen LogP contribution in [0.1, 0.15) is 11.3 Å². The lowest BCUT2D eigenvalue weighted by atomic mass is 10.2. The van der Waals surface area contributed by atoms with Crippen molar-refractivity contribution in [2.24, 2.45) is 5.73 Å². The van der Waals surface area contributed by atoms with Gasteiger partial charge in [-0.05, 0) is 29.9 Å². The molecule has 0 aliphatic heterocycles. The van der Waals surface area contributed by atoms with E-state index in [9.17, 15) is 4.79 Å². The average Bonchev–Trinajstić information content (AvgIpc) is 2.75. The normalized spacial score (nSPS) is 12.4. The zero-order valence-corrected chi connectivity index (χ0v) is 10.3. The third kappa shape index (κ3) is 4.68. The van der Waals surface area contributed by atoms with Gasteiger partial charge in [0.05, 0.1) is 0 Å². The predicted molar refractivity (Wildman–Crippen MR) is 65.1 cm³/mol. The SMILES string of the molecule is CSCCC(N)C(=O)OCc1cccs1. The Kier molecular flexibility index (Phi) is 5.75. The smallest absolute Gasteiger partial charge is 0.323 e. The third-order valence-electron chi connectivity index (χ3n) is 1.87. The Morgan fingerprint density at radius 3 is 3.13 bits per heavy atom. The van der Waals surface area contributed by atoms with Crippen LogP contribution in [0.4, 0.5) is 0 Å². The number of hydrogen-bond acceptors (Lipinski definition) is 5. The predicted octanol–water partition coefficient (Wildman–Crippen LogP) is 1.87. The molecule has 84 valence electrons. The van der Waals surface area contributed by atoms with E-state index in [1.807, 2.05) is 23.8 Å². The highest BCUT2D eigenvalue weighted by molar-refractivity contribution is 7.98. The zero-order chi connectivity index (χ0) is 11.1. The minimum atomic E-state index is -0.489. The van der Waals surface area contributed by atoms with Crippen molar-refractivity contribution in [2.75, 3.05) is 12.0 Å². The van der Waals surface area contributed by atoms with Crippen molar-refractivity contribution in [2.45, 2.75) is 19.1 Å². The van der Waals surface area contributed by atoms with Gasteiger partial charge in [-0.1, -0.05) is 6.07 Å². The summed E-state index contributed by atoms with van der Waals surface area (Å²) in [7, 11) is 0. The minimum Gasteiger partial charge on any atom is -0.459 e. The molecule has 0 spiro atoms. The van der Waals surface area contributed by atoms with Crippen molar-refractivity contribution in [3.05, 3.63) is 22.4 Å². The Labute approximate surface area is 98.0 Å². The molecule has 1 aromatic rings. The Balaban J connectivity index is 2.23. The number of nitrogens with two attached hydrogens (primary N) is 1. The standard InChI is InChI=1S/C10H15NO2S2/c1-14-6-4-9(11)10(12)13-7-8-3-2-5-15-8/h2-3,5,9H,4,6-7,11H2,1H3. The van der Waals surface area contributed by atoms with E-state index < -0.39 is 6.04 Å².